The van der Waals surface area contributed by atoms with Crippen molar-refractivity contribution in [2.45, 2.75) is 0 Å². The van der Waals surface area contributed by atoms with E-state index in [9.17, 15) is 0 Å². The molecule has 4 aromatic heterocycles. The van der Waals surface area contributed by atoms with Crippen LogP contribution in [0.4, 0.5) is 0 Å². The first kappa shape index (κ1) is 26.0. The van der Waals surface area contributed by atoms with Crippen molar-refractivity contribution < 1.29 is 0 Å². The summed E-state index contributed by atoms with van der Waals surface area (Å²) in [6.45, 7) is 0. The van der Waals surface area contributed by atoms with Gasteiger partial charge in [-0.3, -0.25) is 0 Å². The number of nitrogens with zero attached hydrogens (tertiary/aromatic N) is 4. The number of hydrogen-bond donors (Lipinski definition) is 0. The van der Waals surface area contributed by atoms with Gasteiger partial charge >= 0.3 is 0 Å². The van der Waals surface area contributed by atoms with Gasteiger partial charge in [0.25, 0.3) is 0 Å². The molecule has 0 spiro atoms. The van der Waals surface area contributed by atoms with Crippen LogP contribution in [0, 0.1) is 0 Å². The Balaban J connectivity index is 1.31. The molecule has 0 N–H and O–H groups in total. The summed E-state index contributed by atoms with van der Waals surface area (Å²) in [5.41, 5.74) is 6.69. The molecular weight excluding hydrogens is 605 g/mol. The predicted octanol–water partition coefficient (Wildman–Crippen LogP) is 11.5. The van der Waals surface area contributed by atoms with Crippen LogP contribution >= 0.6 is 11.3 Å². The second kappa shape index (κ2) is 9.67. The van der Waals surface area contributed by atoms with Crippen molar-refractivity contribution in [3.63, 3.8) is 0 Å². The highest BCUT2D eigenvalue weighted by Crippen LogP contribution is 2.49. The molecule has 0 amide bonds. The van der Waals surface area contributed by atoms with E-state index in [2.05, 4.69) is 132 Å². The van der Waals surface area contributed by atoms with E-state index < -0.39 is 0 Å². The number of aromatic nitrogens is 4. The van der Waals surface area contributed by atoms with Gasteiger partial charge in [-0.1, -0.05) is 127 Å². The normalized spacial score (nSPS) is 12.2. The van der Waals surface area contributed by atoms with Crippen molar-refractivity contribution >= 4 is 80.4 Å². The number of hydrogen-bond acceptors (Lipinski definition) is 4. The maximum atomic E-state index is 5.29. The van der Waals surface area contributed by atoms with Crippen molar-refractivity contribution in [2.75, 3.05) is 0 Å². The van der Waals surface area contributed by atoms with Gasteiger partial charge in [-0.15, -0.1) is 11.3 Å². The average molecular weight is 629 g/mol. The Hall–Kier alpha value is -6.17. The fourth-order valence-corrected chi connectivity index (χ4v) is 8.99. The molecule has 0 bridgehead atoms. The summed E-state index contributed by atoms with van der Waals surface area (Å²) in [5, 5.41) is 9.70. The molecular formula is C43H24N4S. The zero-order valence-corrected chi connectivity index (χ0v) is 26.4. The smallest absolute Gasteiger partial charge is 0.164 e. The molecule has 5 heteroatoms. The molecule has 0 fully saturated rings. The molecule has 0 aliphatic carbocycles. The molecule has 0 atom stereocenters. The van der Waals surface area contributed by atoms with E-state index in [1.165, 1.54) is 52.9 Å². The van der Waals surface area contributed by atoms with Gasteiger partial charge in [-0.2, -0.15) is 0 Å². The van der Waals surface area contributed by atoms with Crippen LogP contribution < -0.4 is 0 Å². The highest BCUT2D eigenvalue weighted by Gasteiger charge is 2.24. The average Bonchev–Trinajstić information content (AvgIpc) is 3.64. The van der Waals surface area contributed by atoms with Crippen LogP contribution in [0.3, 0.4) is 0 Å². The number of para-hydroxylation sites is 2. The summed E-state index contributed by atoms with van der Waals surface area (Å²) in [7, 11) is 0. The van der Waals surface area contributed by atoms with Gasteiger partial charge in [-0.05, 0) is 39.7 Å². The Bertz CT molecular complexity index is 3060. The molecule has 7 aromatic carbocycles. The van der Waals surface area contributed by atoms with Crippen molar-refractivity contribution in [2.24, 2.45) is 0 Å². The first-order valence-corrected chi connectivity index (χ1v) is 16.9. The van der Waals surface area contributed by atoms with Crippen LogP contribution in [0.15, 0.2) is 146 Å². The van der Waals surface area contributed by atoms with Gasteiger partial charge in [0.05, 0.1) is 21.3 Å². The lowest BCUT2D eigenvalue weighted by atomic mass is 9.96. The van der Waals surface area contributed by atoms with Gasteiger partial charge in [0.15, 0.2) is 17.5 Å². The van der Waals surface area contributed by atoms with Crippen LogP contribution in [0.5, 0.6) is 0 Å². The molecule has 0 saturated carbocycles. The molecule has 222 valence electrons. The number of thiophene rings is 1. The molecule has 0 saturated heterocycles. The van der Waals surface area contributed by atoms with Gasteiger partial charge in [0.2, 0.25) is 0 Å². The first-order valence-electron chi connectivity index (χ1n) is 16.1. The highest BCUT2D eigenvalue weighted by molar-refractivity contribution is 7.27. The van der Waals surface area contributed by atoms with Gasteiger partial charge in [0, 0.05) is 42.9 Å². The van der Waals surface area contributed by atoms with Crippen molar-refractivity contribution in [1.29, 1.82) is 0 Å². The summed E-state index contributed by atoms with van der Waals surface area (Å²) >= 11 is 1.86. The van der Waals surface area contributed by atoms with Gasteiger partial charge in [-0.25, -0.2) is 15.0 Å². The lowest BCUT2D eigenvalue weighted by Crippen LogP contribution is -2.01. The van der Waals surface area contributed by atoms with E-state index in [4.69, 9.17) is 15.0 Å². The molecule has 11 aromatic rings. The van der Waals surface area contributed by atoms with Crippen molar-refractivity contribution in [1.82, 2.24) is 19.4 Å². The lowest BCUT2D eigenvalue weighted by Gasteiger charge is -2.13. The van der Waals surface area contributed by atoms with Crippen LogP contribution in [0.2, 0.25) is 0 Å². The maximum absolute atomic E-state index is 5.29. The lowest BCUT2D eigenvalue weighted by molar-refractivity contribution is 1.08. The largest absolute Gasteiger partial charge is 0.307 e. The number of rotatable bonds is 3. The molecule has 0 radical (unpaired) electrons. The van der Waals surface area contributed by atoms with E-state index in [-0.39, 0.29) is 0 Å². The standard InChI is InChI=1S/C43H24N4S/c1-2-13-26(14-3-1)41-44-42(31-21-10-15-25-12-4-5-16-27(25)31)46-43(45-41)33-24-36-38-37-29(19-11-20-30(33)37)28-17-6-8-22-34(28)47-35-23-9-7-18-32(35)40(48-36)39(38)47/h1-24H. The summed E-state index contributed by atoms with van der Waals surface area (Å²) in [6, 6.07) is 51.6. The maximum Gasteiger partial charge on any atom is 0.164 e. The van der Waals surface area contributed by atoms with Crippen LogP contribution in [0.25, 0.3) is 103 Å². The van der Waals surface area contributed by atoms with Gasteiger partial charge in [0.1, 0.15) is 0 Å². The van der Waals surface area contributed by atoms with E-state index >= 15 is 0 Å². The SMILES string of the molecule is c1ccc(-c2nc(-c3cccc4ccccc34)nc(-c3cc4sc5c6ccccc6n6c7ccccc7c7cccc3c7c4c56)n2)cc1. The summed E-state index contributed by atoms with van der Waals surface area (Å²) in [4.78, 5) is 15.6. The minimum absolute atomic E-state index is 0.663. The summed E-state index contributed by atoms with van der Waals surface area (Å²) < 4.78 is 5.02. The molecule has 11 rings (SSSR count). The molecule has 0 aliphatic heterocycles. The minimum Gasteiger partial charge on any atom is -0.307 e. The van der Waals surface area contributed by atoms with E-state index in [1.807, 2.05) is 29.5 Å². The third-order valence-corrected chi connectivity index (χ3v) is 10.9. The molecule has 48 heavy (non-hydrogen) atoms. The fraction of sp³-hybridized carbons (Fsp3) is 0. The Kier molecular flexibility index (Phi) is 5.23. The van der Waals surface area contributed by atoms with Crippen LogP contribution in [-0.4, -0.2) is 19.4 Å². The minimum atomic E-state index is 0.663. The van der Waals surface area contributed by atoms with Crippen molar-refractivity contribution in [3.8, 4) is 34.2 Å². The highest BCUT2D eigenvalue weighted by atomic mass is 32.1. The monoisotopic (exact) mass is 628 g/mol. The first-order chi connectivity index (χ1) is 23.8. The summed E-state index contributed by atoms with van der Waals surface area (Å²) in [6.07, 6.45) is 0. The second-order valence-electron chi connectivity index (χ2n) is 12.4. The zero-order chi connectivity index (χ0) is 31.3. The van der Waals surface area contributed by atoms with Crippen molar-refractivity contribution in [3.05, 3.63) is 146 Å². The fourth-order valence-electron chi connectivity index (χ4n) is 7.72. The molecule has 0 aliphatic rings. The molecule has 4 nitrogen and oxygen atoms in total. The topological polar surface area (TPSA) is 43.1 Å². The Morgan fingerprint density at radius 2 is 1.04 bits per heavy atom. The van der Waals surface area contributed by atoms with Crippen LogP contribution in [0.1, 0.15) is 0 Å². The van der Waals surface area contributed by atoms with Crippen LogP contribution in [-0.2, 0) is 0 Å². The summed E-state index contributed by atoms with van der Waals surface area (Å²) in [5.74, 6) is 2.01. The van der Waals surface area contributed by atoms with E-state index in [1.54, 1.807) is 0 Å². The third-order valence-electron chi connectivity index (χ3n) is 9.78. The second-order valence-corrected chi connectivity index (χ2v) is 13.4. The number of benzene rings is 7. The van der Waals surface area contributed by atoms with Gasteiger partial charge < -0.3 is 4.40 Å². The number of fused-ring (bicyclic) bond motifs is 7. The quantitative estimate of drug-likeness (QED) is 0.195. The van der Waals surface area contributed by atoms with E-state index in [0.29, 0.717) is 17.5 Å². The molecule has 0 unspecified atom stereocenters. The predicted molar refractivity (Wildman–Crippen MR) is 201 cm³/mol. The Morgan fingerprint density at radius 3 is 1.90 bits per heavy atom. The van der Waals surface area contributed by atoms with E-state index in [0.717, 1.165) is 32.8 Å². The third kappa shape index (κ3) is 3.51. The zero-order valence-electron chi connectivity index (χ0n) is 25.6. The Morgan fingerprint density at radius 1 is 0.438 bits per heavy atom. The molecule has 4 heterocycles. The Labute approximate surface area is 278 Å².